The van der Waals surface area contributed by atoms with Crippen molar-refractivity contribution in [2.24, 2.45) is 0 Å². The van der Waals surface area contributed by atoms with Crippen LogP contribution in [0.15, 0.2) is 35.8 Å². The second-order valence-corrected chi connectivity index (χ2v) is 6.61. The smallest absolute Gasteiger partial charge is 0.0359 e. The predicted octanol–water partition coefficient (Wildman–Crippen LogP) is 4.03. The number of rotatable bonds is 7. The third kappa shape index (κ3) is 3.71. The first-order valence-corrected chi connectivity index (χ1v) is 7.90. The lowest BCUT2D eigenvalue weighted by molar-refractivity contribution is 0.468. The third-order valence-corrected chi connectivity index (χ3v) is 4.69. The van der Waals surface area contributed by atoms with Gasteiger partial charge in [-0.1, -0.05) is 26.8 Å². The van der Waals surface area contributed by atoms with E-state index in [1.54, 1.807) is 0 Å². The summed E-state index contributed by atoms with van der Waals surface area (Å²) in [7, 11) is 0. The van der Waals surface area contributed by atoms with Gasteiger partial charge in [0.1, 0.15) is 0 Å². The zero-order valence-corrected chi connectivity index (χ0v) is 13.0. The summed E-state index contributed by atoms with van der Waals surface area (Å²) in [5.41, 5.74) is 1.58. The standard InChI is InChI=1S/C16H24N2S/c1-4-9-18-10-5-7-14(18)12-17-13-16(2,3)15-8-6-11-19-15/h5-8,10-11,17H,4,9,12-13H2,1-3H3. The van der Waals surface area contributed by atoms with Crippen LogP contribution in [-0.2, 0) is 18.5 Å². The summed E-state index contributed by atoms with van der Waals surface area (Å²) in [6.07, 6.45) is 3.35. The minimum absolute atomic E-state index is 0.205. The molecule has 0 atom stereocenters. The summed E-state index contributed by atoms with van der Waals surface area (Å²) in [6, 6.07) is 8.71. The molecule has 104 valence electrons. The topological polar surface area (TPSA) is 17.0 Å². The molecule has 0 radical (unpaired) electrons. The van der Waals surface area contributed by atoms with Crippen LogP contribution in [0.1, 0.15) is 37.8 Å². The lowest BCUT2D eigenvalue weighted by atomic mass is 9.91. The highest BCUT2D eigenvalue weighted by Gasteiger charge is 2.21. The number of nitrogens with one attached hydrogen (secondary N) is 1. The van der Waals surface area contributed by atoms with Crippen molar-refractivity contribution >= 4 is 11.3 Å². The first kappa shape index (κ1) is 14.4. The normalized spacial score (nSPS) is 11.9. The van der Waals surface area contributed by atoms with Crippen LogP contribution in [0.4, 0.5) is 0 Å². The van der Waals surface area contributed by atoms with Crippen LogP contribution in [0.25, 0.3) is 0 Å². The van der Waals surface area contributed by atoms with Crippen molar-refractivity contribution in [1.82, 2.24) is 9.88 Å². The van der Waals surface area contributed by atoms with Crippen LogP contribution in [0, 0.1) is 0 Å². The molecule has 0 saturated carbocycles. The lowest BCUT2D eigenvalue weighted by Gasteiger charge is -2.24. The van der Waals surface area contributed by atoms with Crippen molar-refractivity contribution in [3.8, 4) is 0 Å². The molecule has 0 saturated heterocycles. The van der Waals surface area contributed by atoms with Gasteiger partial charge in [0, 0.05) is 41.8 Å². The second kappa shape index (κ2) is 6.40. The number of nitrogens with zero attached hydrogens (tertiary/aromatic N) is 1. The summed E-state index contributed by atoms with van der Waals surface area (Å²) in [5.74, 6) is 0. The second-order valence-electron chi connectivity index (χ2n) is 5.66. The predicted molar refractivity (Wildman–Crippen MR) is 83.8 cm³/mol. The minimum Gasteiger partial charge on any atom is -0.350 e. The fourth-order valence-corrected chi connectivity index (χ4v) is 3.17. The Morgan fingerprint density at radius 2 is 2.11 bits per heavy atom. The van der Waals surface area contributed by atoms with E-state index in [4.69, 9.17) is 0 Å². The molecule has 2 aromatic heterocycles. The average molecular weight is 276 g/mol. The van der Waals surface area contributed by atoms with Gasteiger partial charge in [-0.2, -0.15) is 0 Å². The van der Waals surface area contributed by atoms with E-state index in [2.05, 4.69) is 66.5 Å². The van der Waals surface area contributed by atoms with Gasteiger partial charge in [0.05, 0.1) is 0 Å². The molecule has 2 rings (SSSR count). The molecule has 2 nitrogen and oxygen atoms in total. The maximum atomic E-state index is 3.60. The first-order valence-electron chi connectivity index (χ1n) is 7.02. The van der Waals surface area contributed by atoms with Gasteiger partial charge in [0.2, 0.25) is 0 Å². The van der Waals surface area contributed by atoms with Gasteiger partial charge in [-0.3, -0.25) is 0 Å². The van der Waals surface area contributed by atoms with Crippen molar-refractivity contribution in [2.75, 3.05) is 6.54 Å². The highest BCUT2D eigenvalue weighted by atomic mass is 32.1. The maximum Gasteiger partial charge on any atom is 0.0359 e. The van der Waals surface area contributed by atoms with Crippen molar-refractivity contribution < 1.29 is 0 Å². The van der Waals surface area contributed by atoms with Gasteiger partial charge < -0.3 is 9.88 Å². The molecule has 1 N–H and O–H groups in total. The molecular weight excluding hydrogens is 252 g/mol. The molecule has 19 heavy (non-hydrogen) atoms. The van der Waals surface area contributed by atoms with E-state index >= 15 is 0 Å². The fourth-order valence-electron chi connectivity index (χ4n) is 2.32. The number of thiophene rings is 1. The van der Waals surface area contributed by atoms with Crippen LogP contribution in [-0.4, -0.2) is 11.1 Å². The van der Waals surface area contributed by atoms with E-state index in [0.29, 0.717) is 0 Å². The van der Waals surface area contributed by atoms with Crippen molar-refractivity contribution in [1.29, 1.82) is 0 Å². The van der Waals surface area contributed by atoms with E-state index < -0.39 is 0 Å². The van der Waals surface area contributed by atoms with E-state index in [9.17, 15) is 0 Å². The molecule has 0 unspecified atom stereocenters. The van der Waals surface area contributed by atoms with Gasteiger partial charge in [-0.05, 0) is 30.0 Å². The SMILES string of the molecule is CCCn1cccc1CNCC(C)(C)c1cccs1. The number of aryl methyl sites for hydroxylation is 1. The summed E-state index contributed by atoms with van der Waals surface area (Å²) < 4.78 is 2.34. The fraction of sp³-hybridized carbons (Fsp3) is 0.500. The van der Waals surface area contributed by atoms with E-state index in [0.717, 1.165) is 19.6 Å². The van der Waals surface area contributed by atoms with Gasteiger partial charge in [-0.25, -0.2) is 0 Å². The highest BCUT2D eigenvalue weighted by molar-refractivity contribution is 7.10. The molecule has 0 aliphatic rings. The molecule has 0 amide bonds. The first-order chi connectivity index (χ1) is 9.13. The Morgan fingerprint density at radius 1 is 1.26 bits per heavy atom. The van der Waals surface area contributed by atoms with Gasteiger partial charge in [0.25, 0.3) is 0 Å². The molecular formula is C16H24N2S. The quantitative estimate of drug-likeness (QED) is 0.808. The van der Waals surface area contributed by atoms with E-state index in [-0.39, 0.29) is 5.41 Å². The van der Waals surface area contributed by atoms with Gasteiger partial charge >= 0.3 is 0 Å². The molecule has 0 fully saturated rings. The maximum absolute atomic E-state index is 3.60. The minimum atomic E-state index is 0.205. The molecule has 0 bridgehead atoms. The number of aromatic nitrogens is 1. The molecule has 0 spiro atoms. The Morgan fingerprint density at radius 3 is 2.79 bits per heavy atom. The van der Waals surface area contributed by atoms with Crippen LogP contribution in [0.2, 0.25) is 0 Å². The zero-order valence-electron chi connectivity index (χ0n) is 12.1. The molecule has 0 aromatic carbocycles. The zero-order chi connectivity index (χ0) is 13.7. The Bertz CT molecular complexity index is 483. The Hall–Kier alpha value is -1.06. The molecule has 0 aliphatic heterocycles. The number of hydrogen-bond donors (Lipinski definition) is 1. The van der Waals surface area contributed by atoms with E-state index in [1.165, 1.54) is 17.0 Å². The van der Waals surface area contributed by atoms with Gasteiger partial charge in [-0.15, -0.1) is 11.3 Å². The summed E-state index contributed by atoms with van der Waals surface area (Å²) in [4.78, 5) is 1.45. The van der Waals surface area contributed by atoms with Crippen LogP contribution in [0.3, 0.4) is 0 Å². The summed E-state index contributed by atoms with van der Waals surface area (Å²) in [6.45, 7) is 9.88. The lowest BCUT2D eigenvalue weighted by Crippen LogP contribution is -2.32. The van der Waals surface area contributed by atoms with Crippen LogP contribution < -0.4 is 5.32 Å². The molecule has 2 aromatic rings. The average Bonchev–Trinajstić information content (AvgIpc) is 3.01. The van der Waals surface area contributed by atoms with E-state index in [1.807, 2.05) is 11.3 Å². The Balaban J connectivity index is 1.88. The Labute approximate surface area is 120 Å². The highest BCUT2D eigenvalue weighted by Crippen LogP contribution is 2.26. The molecule has 3 heteroatoms. The molecule has 2 heterocycles. The van der Waals surface area contributed by atoms with Crippen molar-refractivity contribution in [2.45, 2.75) is 45.7 Å². The van der Waals surface area contributed by atoms with Crippen molar-refractivity contribution in [3.63, 3.8) is 0 Å². The van der Waals surface area contributed by atoms with Gasteiger partial charge in [0.15, 0.2) is 0 Å². The monoisotopic (exact) mass is 276 g/mol. The summed E-state index contributed by atoms with van der Waals surface area (Å²) in [5, 5.41) is 5.76. The summed E-state index contributed by atoms with van der Waals surface area (Å²) >= 11 is 1.84. The largest absolute Gasteiger partial charge is 0.350 e. The number of hydrogen-bond acceptors (Lipinski definition) is 2. The van der Waals surface area contributed by atoms with Crippen LogP contribution in [0.5, 0.6) is 0 Å². The van der Waals surface area contributed by atoms with Crippen LogP contribution >= 0.6 is 11.3 Å². The van der Waals surface area contributed by atoms with Crippen molar-refractivity contribution in [3.05, 3.63) is 46.4 Å². The third-order valence-electron chi connectivity index (χ3n) is 3.45. The molecule has 0 aliphatic carbocycles. The Kier molecular flexibility index (Phi) is 4.83.